The highest BCUT2D eigenvalue weighted by molar-refractivity contribution is 7.79. The molecule has 2 rings (SSSR count). The second-order valence-electron chi connectivity index (χ2n) is 4.96. The Morgan fingerprint density at radius 1 is 1.30 bits per heavy atom. The first-order chi connectivity index (χ1) is 9.65. The second kappa shape index (κ2) is 7.40. The molecule has 1 amide bonds. The van der Waals surface area contributed by atoms with Gasteiger partial charge in [0.1, 0.15) is 6.61 Å². The Kier molecular flexibility index (Phi) is 5.55. The van der Waals surface area contributed by atoms with Gasteiger partial charge in [-0.15, -0.1) is 0 Å². The third kappa shape index (κ3) is 4.61. The maximum Gasteiger partial charge on any atom is 0.410 e. The van der Waals surface area contributed by atoms with Crippen LogP contribution in [0.3, 0.4) is 0 Å². The number of piperidine rings is 1. The molecule has 1 N–H and O–H groups in total. The predicted molar refractivity (Wildman–Crippen MR) is 76.6 cm³/mol. The highest BCUT2D eigenvalue weighted by Crippen LogP contribution is 2.18. The first kappa shape index (κ1) is 15.0. The predicted octanol–water partition coefficient (Wildman–Crippen LogP) is 2.26. The molecule has 1 saturated heterocycles. The van der Waals surface area contributed by atoms with E-state index in [0.717, 1.165) is 18.4 Å². The van der Waals surface area contributed by atoms with Gasteiger partial charge in [0.25, 0.3) is 0 Å². The van der Waals surface area contributed by atoms with Crippen LogP contribution in [0.15, 0.2) is 30.3 Å². The van der Waals surface area contributed by atoms with Gasteiger partial charge < -0.3 is 14.2 Å². The van der Waals surface area contributed by atoms with E-state index in [9.17, 15) is 9.00 Å². The lowest BCUT2D eigenvalue weighted by atomic mass is 9.99. The Labute approximate surface area is 121 Å². The van der Waals surface area contributed by atoms with E-state index in [2.05, 4.69) is 0 Å². The van der Waals surface area contributed by atoms with Gasteiger partial charge in [0, 0.05) is 13.1 Å². The highest BCUT2D eigenvalue weighted by Gasteiger charge is 2.24. The van der Waals surface area contributed by atoms with Crippen LogP contribution in [-0.2, 0) is 22.4 Å². The Morgan fingerprint density at radius 2 is 1.95 bits per heavy atom. The molecule has 1 heterocycles. The van der Waals surface area contributed by atoms with E-state index in [1.165, 1.54) is 0 Å². The number of hydrogen-bond donors (Lipinski definition) is 1. The molecular formula is C14H19NO4S. The minimum absolute atomic E-state index is 0.221. The van der Waals surface area contributed by atoms with E-state index >= 15 is 0 Å². The minimum atomic E-state index is -1.75. The summed E-state index contributed by atoms with van der Waals surface area (Å²) in [5, 5.41) is 0. The molecule has 20 heavy (non-hydrogen) atoms. The number of rotatable bonds is 4. The van der Waals surface area contributed by atoms with Crippen molar-refractivity contribution in [3.05, 3.63) is 35.9 Å². The van der Waals surface area contributed by atoms with Crippen LogP contribution in [0.5, 0.6) is 0 Å². The van der Waals surface area contributed by atoms with Crippen molar-refractivity contribution in [3.63, 3.8) is 0 Å². The summed E-state index contributed by atoms with van der Waals surface area (Å²) in [7, 11) is 0. The fourth-order valence-electron chi connectivity index (χ4n) is 2.29. The van der Waals surface area contributed by atoms with E-state index < -0.39 is 11.1 Å². The topological polar surface area (TPSA) is 66.8 Å². The van der Waals surface area contributed by atoms with Crippen LogP contribution < -0.4 is 0 Å². The summed E-state index contributed by atoms with van der Waals surface area (Å²) in [4.78, 5) is 13.6. The lowest BCUT2D eigenvalue weighted by Crippen LogP contribution is -2.39. The number of likely N-dealkylation sites (tertiary alicyclic amines) is 1. The fraction of sp³-hybridized carbons (Fsp3) is 0.500. The molecule has 0 saturated carbocycles. The highest BCUT2D eigenvalue weighted by atomic mass is 32.2. The van der Waals surface area contributed by atoms with Gasteiger partial charge in [-0.05, 0) is 24.3 Å². The number of benzene rings is 1. The first-order valence-corrected chi connectivity index (χ1v) is 7.96. The van der Waals surface area contributed by atoms with Crippen molar-refractivity contribution in [2.45, 2.75) is 19.4 Å². The van der Waals surface area contributed by atoms with Gasteiger partial charge >= 0.3 is 6.09 Å². The molecule has 0 aliphatic carbocycles. The summed E-state index contributed by atoms with van der Waals surface area (Å²) in [6.45, 7) is 1.46. The number of hydrogen-bond acceptors (Lipinski definition) is 3. The monoisotopic (exact) mass is 297 g/mol. The van der Waals surface area contributed by atoms with Gasteiger partial charge in [-0.2, -0.15) is 0 Å². The van der Waals surface area contributed by atoms with Crippen molar-refractivity contribution in [2.24, 2.45) is 5.92 Å². The lowest BCUT2D eigenvalue weighted by Gasteiger charge is -2.30. The summed E-state index contributed by atoms with van der Waals surface area (Å²) in [5.41, 5.74) is 0.964. The molecule has 1 fully saturated rings. The number of ether oxygens (including phenoxy) is 1. The Bertz CT molecular complexity index is 458. The maximum absolute atomic E-state index is 11.9. The molecule has 0 radical (unpaired) electrons. The van der Waals surface area contributed by atoms with Gasteiger partial charge in [0.15, 0.2) is 11.1 Å². The molecular weight excluding hydrogens is 278 g/mol. The molecule has 1 aliphatic rings. The average Bonchev–Trinajstić information content (AvgIpc) is 2.46. The molecule has 5 nitrogen and oxygen atoms in total. The van der Waals surface area contributed by atoms with Crippen LogP contribution >= 0.6 is 0 Å². The smallest absolute Gasteiger partial charge is 0.410 e. The molecule has 1 aliphatic heterocycles. The zero-order valence-corrected chi connectivity index (χ0v) is 12.1. The summed E-state index contributed by atoms with van der Waals surface area (Å²) >= 11 is -1.75. The molecule has 0 bridgehead atoms. The summed E-state index contributed by atoms with van der Waals surface area (Å²) in [6, 6.07) is 9.56. The van der Waals surface area contributed by atoms with Crippen LogP contribution in [0.25, 0.3) is 0 Å². The van der Waals surface area contributed by atoms with Gasteiger partial charge in [0.05, 0.1) is 5.75 Å². The normalized spacial score (nSPS) is 17.8. The Morgan fingerprint density at radius 3 is 2.55 bits per heavy atom. The zero-order chi connectivity index (χ0) is 14.4. The number of nitrogens with zero attached hydrogens (tertiary/aromatic N) is 1. The quantitative estimate of drug-likeness (QED) is 0.866. The van der Waals surface area contributed by atoms with Crippen LogP contribution in [0.1, 0.15) is 18.4 Å². The van der Waals surface area contributed by atoms with E-state index in [-0.39, 0.29) is 18.6 Å². The molecule has 0 spiro atoms. The van der Waals surface area contributed by atoms with Crippen LogP contribution in [0.4, 0.5) is 4.79 Å². The summed E-state index contributed by atoms with van der Waals surface area (Å²) in [6.07, 6.45) is 1.21. The van der Waals surface area contributed by atoms with E-state index in [1.54, 1.807) is 4.90 Å². The maximum atomic E-state index is 11.9. The molecule has 0 aromatic heterocycles. The van der Waals surface area contributed by atoms with Crippen molar-refractivity contribution < 1.29 is 18.3 Å². The SMILES string of the molecule is O=C(OCc1ccccc1)N1CCC(CS(=O)O)CC1. The summed E-state index contributed by atoms with van der Waals surface area (Å²) < 4.78 is 24.9. The Balaban J connectivity index is 1.73. The van der Waals surface area contributed by atoms with Gasteiger partial charge in [-0.25, -0.2) is 9.00 Å². The van der Waals surface area contributed by atoms with E-state index in [4.69, 9.17) is 9.29 Å². The van der Waals surface area contributed by atoms with Crippen LogP contribution in [0.2, 0.25) is 0 Å². The van der Waals surface area contributed by atoms with Gasteiger partial charge in [-0.3, -0.25) is 0 Å². The third-order valence-electron chi connectivity index (χ3n) is 3.46. The molecule has 6 heteroatoms. The molecule has 1 aromatic rings. The third-order valence-corrected chi connectivity index (χ3v) is 4.21. The molecule has 1 atom stereocenters. The van der Waals surface area contributed by atoms with E-state index in [1.807, 2.05) is 30.3 Å². The molecule has 1 aromatic carbocycles. The summed E-state index contributed by atoms with van der Waals surface area (Å²) in [5.74, 6) is 0.520. The Hall–Kier alpha value is -1.40. The van der Waals surface area contributed by atoms with Crippen molar-refractivity contribution in [1.29, 1.82) is 0 Å². The molecule has 110 valence electrons. The minimum Gasteiger partial charge on any atom is -0.445 e. The number of carbonyl (C=O) groups is 1. The fourth-order valence-corrected chi connectivity index (χ4v) is 3.03. The number of carbonyl (C=O) groups excluding carboxylic acids is 1. The lowest BCUT2D eigenvalue weighted by molar-refractivity contribution is 0.0839. The second-order valence-corrected chi connectivity index (χ2v) is 5.94. The van der Waals surface area contributed by atoms with Crippen LogP contribution in [-0.4, -0.2) is 38.6 Å². The van der Waals surface area contributed by atoms with E-state index in [0.29, 0.717) is 18.8 Å². The molecule has 1 unspecified atom stereocenters. The first-order valence-electron chi connectivity index (χ1n) is 6.68. The largest absolute Gasteiger partial charge is 0.445 e. The average molecular weight is 297 g/mol. The van der Waals surface area contributed by atoms with Gasteiger partial charge in [-0.1, -0.05) is 30.3 Å². The van der Waals surface area contributed by atoms with Crippen LogP contribution in [0, 0.1) is 5.92 Å². The number of amides is 1. The standard InChI is InChI=1S/C14H19NO4S/c16-14(19-10-12-4-2-1-3-5-12)15-8-6-13(7-9-15)11-20(17)18/h1-5,13H,6-11H2,(H,17,18). The van der Waals surface area contributed by atoms with Crippen molar-refractivity contribution in [1.82, 2.24) is 4.90 Å². The van der Waals surface area contributed by atoms with Crippen molar-refractivity contribution in [2.75, 3.05) is 18.8 Å². The van der Waals surface area contributed by atoms with Crippen molar-refractivity contribution in [3.8, 4) is 0 Å². The van der Waals surface area contributed by atoms with Gasteiger partial charge in [0.2, 0.25) is 0 Å². The van der Waals surface area contributed by atoms with Crippen molar-refractivity contribution >= 4 is 17.2 Å². The zero-order valence-electron chi connectivity index (χ0n) is 11.2.